The maximum absolute atomic E-state index is 14.8. The molecule has 1 saturated heterocycles. The molecule has 1 aromatic carbocycles. The van der Waals surface area contributed by atoms with Gasteiger partial charge in [0.25, 0.3) is 5.92 Å². The summed E-state index contributed by atoms with van der Waals surface area (Å²) < 4.78 is 54.5. The summed E-state index contributed by atoms with van der Waals surface area (Å²) in [6.45, 7) is 5.29. The van der Waals surface area contributed by atoms with Gasteiger partial charge in [-0.2, -0.15) is 10.5 Å². The fourth-order valence-corrected chi connectivity index (χ4v) is 4.04. The van der Waals surface area contributed by atoms with Crippen molar-refractivity contribution in [3.8, 4) is 12.1 Å². The normalized spacial score (nSPS) is 24.3. The van der Waals surface area contributed by atoms with Crippen LogP contribution in [0.15, 0.2) is 24.3 Å². The number of hydrogen-bond acceptors (Lipinski definition) is 5. The van der Waals surface area contributed by atoms with Crippen LogP contribution in [0.25, 0.3) is 0 Å². The number of hydrogen-bond donors (Lipinski definition) is 0. The van der Waals surface area contributed by atoms with Crippen molar-refractivity contribution in [3.05, 3.63) is 35.6 Å². The zero-order valence-electron chi connectivity index (χ0n) is 17.4. The molecule has 0 amide bonds. The van der Waals surface area contributed by atoms with E-state index in [-0.39, 0.29) is 18.6 Å². The molecule has 0 saturated carbocycles. The third kappa shape index (κ3) is 5.12. The van der Waals surface area contributed by atoms with Gasteiger partial charge in [0.1, 0.15) is 23.4 Å². The van der Waals surface area contributed by atoms with Crippen LogP contribution >= 0.6 is 0 Å². The zero-order valence-corrected chi connectivity index (χ0v) is 17.4. The van der Waals surface area contributed by atoms with Gasteiger partial charge in [-0.25, -0.2) is 13.2 Å². The first-order chi connectivity index (χ1) is 13.8. The monoisotopic (exact) mass is 422 g/mol. The van der Waals surface area contributed by atoms with Gasteiger partial charge in [-0.15, -0.1) is 0 Å². The minimum atomic E-state index is -3.33. The van der Waals surface area contributed by atoms with Gasteiger partial charge in [-0.3, -0.25) is 4.79 Å². The zero-order chi connectivity index (χ0) is 22.7. The molecule has 0 radical (unpaired) electrons. The number of nitriles is 2. The molecule has 0 unspecified atom stereocenters. The molecule has 2 rings (SSSR count). The summed E-state index contributed by atoms with van der Waals surface area (Å²) >= 11 is 0. The molecule has 0 spiro atoms. The van der Waals surface area contributed by atoms with Gasteiger partial charge >= 0.3 is 5.97 Å². The topological polar surface area (TPSA) is 83.1 Å². The molecule has 1 aliphatic heterocycles. The molecule has 5 nitrogen and oxygen atoms in total. The predicted octanol–water partition coefficient (Wildman–Crippen LogP) is 4.52. The first-order valence-electron chi connectivity index (χ1n) is 9.59. The Hall–Kier alpha value is -2.58. The van der Waals surface area contributed by atoms with E-state index in [2.05, 4.69) is 0 Å². The lowest BCUT2D eigenvalue weighted by Gasteiger charge is -2.37. The van der Waals surface area contributed by atoms with Gasteiger partial charge in [0.05, 0.1) is 25.2 Å². The van der Waals surface area contributed by atoms with Crippen LogP contribution in [0.2, 0.25) is 0 Å². The standard InChI is InChI=1S/C22H25F3N2O3/c1-20(2,3)30-18(28)10-22(15-7-5-6-8-17(15)23)13-29-19(21(4,24)25)16(22)9-14(11-26)12-27/h5-8,14,16,19H,9-10,13H2,1-4H3/t16-,19+,22+/m1/s1. The molecule has 30 heavy (non-hydrogen) atoms. The van der Waals surface area contributed by atoms with Crippen LogP contribution in [0.1, 0.15) is 46.1 Å². The molecule has 162 valence electrons. The number of rotatable bonds is 6. The van der Waals surface area contributed by atoms with Crippen LogP contribution in [-0.4, -0.2) is 30.2 Å². The van der Waals surface area contributed by atoms with Crippen LogP contribution in [0.3, 0.4) is 0 Å². The molecule has 0 aromatic heterocycles. The van der Waals surface area contributed by atoms with E-state index in [0.29, 0.717) is 6.92 Å². The van der Waals surface area contributed by atoms with Crippen LogP contribution in [0, 0.1) is 40.3 Å². The molecule has 1 fully saturated rings. The number of halogens is 3. The van der Waals surface area contributed by atoms with Crippen molar-refractivity contribution in [1.82, 2.24) is 0 Å². The van der Waals surface area contributed by atoms with E-state index in [1.165, 1.54) is 24.3 Å². The van der Waals surface area contributed by atoms with E-state index in [9.17, 15) is 28.5 Å². The van der Waals surface area contributed by atoms with E-state index in [1.807, 2.05) is 0 Å². The van der Waals surface area contributed by atoms with Crippen molar-refractivity contribution in [2.75, 3.05) is 6.61 Å². The van der Waals surface area contributed by atoms with Gasteiger partial charge in [-0.1, -0.05) is 18.2 Å². The van der Waals surface area contributed by atoms with E-state index in [4.69, 9.17) is 9.47 Å². The van der Waals surface area contributed by atoms with Crippen molar-refractivity contribution >= 4 is 5.97 Å². The molecule has 3 atom stereocenters. The molecule has 1 heterocycles. The number of ether oxygens (including phenoxy) is 2. The van der Waals surface area contributed by atoms with Gasteiger partial charge in [0, 0.05) is 18.3 Å². The summed E-state index contributed by atoms with van der Waals surface area (Å²) in [5, 5.41) is 18.5. The summed E-state index contributed by atoms with van der Waals surface area (Å²) in [5.41, 5.74) is -2.32. The van der Waals surface area contributed by atoms with Crippen molar-refractivity contribution in [3.63, 3.8) is 0 Å². The van der Waals surface area contributed by atoms with Crippen LogP contribution in [-0.2, 0) is 19.7 Å². The van der Waals surface area contributed by atoms with E-state index in [0.717, 1.165) is 0 Å². The number of carbonyl (C=O) groups is 1. The smallest absolute Gasteiger partial charge is 0.307 e. The first kappa shape index (κ1) is 23.7. The highest BCUT2D eigenvalue weighted by Gasteiger charge is 2.59. The maximum atomic E-state index is 14.8. The Kier molecular flexibility index (Phi) is 6.83. The Morgan fingerprint density at radius 3 is 2.37 bits per heavy atom. The second-order valence-corrected chi connectivity index (χ2v) is 8.74. The van der Waals surface area contributed by atoms with Crippen molar-refractivity contribution in [2.45, 2.75) is 63.6 Å². The molecule has 0 aliphatic carbocycles. The number of benzene rings is 1. The molecular weight excluding hydrogens is 397 g/mol. The molecule has 1 aromatic rings. The van der Waals surface area contributed by atoms with Gasteiger partial charge < -0.3 is 9.47 Å². The fourth-order valence-electron chi connectivity index (χ4n) is 4.04. The van der Waals surface area contributed by atoms with Crippen molar-refractivity contribution in [2.24, 2.45) is 11.8 Å². The Morgan fingerprint density at radius 2 is 1.87 bits per heavy atom. The second-order valence-electron chi connectivity index (χ2n) is 8.74. The summed E-state index contributed by atoms with van der Waals surface area (Å²) in [7, 11) is 0. The highest BCUT2D eigenvalue weighted by atomic mass is 19.3. The summed E-state index contributed by atoms with van der Waals surface area (Å²) in [6, 6.07) is 9.13. The lowest BCUT2D eigenvalue weighted by molar-refractivity contribution is -0.157. The SMILES string of the molecule is CC(C)(C)OC(=O)C[C@@]1(c2ccccc2F)CO[C@H](C(C)(F)F)[C@H]1CC(C#N)C#N. The third-order valence-electron chi connectivity index (χ3n) is 5.19. The quantitative estimate of drug-likeness (QED) is 0.630. The summed E-state index contributed by atoms with van der Waals surface area (Å²) in [6.07, 6.45) is -2.41. The average molecular weight is 422 g/mol. The van der Waals surface area contributed by atoms with Gasteiger partial charge in [0.15, 0.2) is 0 Å². The van der Waals surface area contributed by atoms with Crippen molar-refractivity contribution < 1.29 is 27.4 Å². The Labute approximate surface area is 174 Å². The molecule has 0 N–H and O–H groups in total. The fraction of sp³-hybridized carbons (Fsp3) is 0.591. The highest BCUT2D eigenvalue weighted by molar-refractivity contribution is 5.72. The summed E-state index contributed by atoms with van der Waals surface area (Å²) in [4.78, 5) is 12.7. The first-order valence-corrected chi connectivity index (χ1v) is 9.59. The Bertz CT molecular complexity index is 850. The highest BCUT2D eigenvalue weighted by Crippen LogP contribution is 2.51. The second kappa shape index (κ2) is 8.65. The predicted molar refractivity (Wildman–Crippen MR) is 102 cm³/mol. The minimum absolute atomic E-state index is 0.0299. The van der Waals surface area contributed by atoms with E-state index >= 15 is 0 Å². The molecule has 0 bridgehead atoms. The lowest BCUT2D eigenvalue weighted by atomic mass is 9.65. The van der Waals surface area contributed by atoms with Crippen LogP contribution < -0.4 is 0 Å². The van der Waals surface area contributed by atoms with E-state index in [1.54, 1.807) is 32.9 Å². The maximum Gasteiger partial charge on any atom is 0.307 e. The Balaban J connectivity index is 2.62. The van der Waals surface area contributed by atoms with Crippen molar-refractivity contribution in [1.29, 1.82) is 10.5 Å². The summed E-state index contributed by atoms with van der Waals surface area (Å²) in [5.74, 6) is -7.09. The molecule has 8 heteroatoms. The Morgan fingerprint density at radius 1 is 1.27 bits per heavy atom. The molecule has 1 aliphatic rings. The lowest BCUT2D eigenvalue weighted by Crippen LogP contribution is -2.45. The van der Waals surface area contributed by atoms with Crippen LogP contribution in [0.4, 0.5) is 13.2 Å². The number of nitrogens with zero attached hydrogens (tertiary/aromatic N) is 2. The van der Waals surface area contributed by atoms with E-state index < -0.39 is 53.1 Å². The average Bonchev–Trinajstić information content (AvgIpc) is 2.97. The van der Waals surface area contributed by atoms with Gasteiger partial charge in [-0.05, 0) is 38.8 Å². The van der Waals surface area contributed by atoms with Gasteiger partial charge in [0.2, 0.25) is 0 Å². The third-order valence-corrected chi connectivity index (χ3v) is 5.19. The molecular formula is C22H25F3N2O3. The number of alkyl halides is 2. The number of carbonyl (C=O) groups excluding carboxylic acids is 1. The van der Waals surface area contributed by atoms with Crippen LogP contribution in [0.5, 0.6) is 0 Å². The number of esters is 1. The minimum Gasteiger partial charge on any atom is -0.460 e. The largest absolute Gasteiger partial charge is 0.460 e.